The van der Waals surface area contributed by atoms with Gasteiger partial charge in [-0.05, 0) is 31.9 Å². The van der Waals surface area contributed by atoms with Gasteiger partial charge in [-0.1, -0.05) is 6.92 Å². The fraction of sp³-hybridized carbons (Fsp3) is 0.533. The highest BCUT2D eigenvalue weighted by molar-refractivity contribution is 5.89. The Labute approximate surface area is 122 Å². The van der Waals surface area contributed by atoms with Gasteiger partial charge in [-0.3, -0.25) is 0 Å². The molecule has 1 aromatic carbocycles. The van der Waals surface area contributed by atoms with Gasteiger partial charge in [0.1, 0.15) is 11.6 Å². The molecule has 0 unspecified atom stereocenters. The van der Waals surface area contributed by atoms with Gasteiger partial charge >= 0.3 is 5.97 Å². The van der Waals surface area contributed by atoms with Crippen molar-refractivity contribution in [1.82, 2.24) is 4.90 Å². The number of aromatic carboxylic acids is 1. The second-order valence-electron chi connectivity index (χ2n) is 5.38. The fourth-order valence-electron chi connectivity index (χ4n) is 2.66. The lowest BCUT2D eigenvalue weighted by molar-refractivity contribution is 0.0692. The van der Waals surface area contributed by atoms with E-state index >= 15 is 0 Å². The number of nitrogens with one attached hydrogen (secondary N) is 1. The van der Waals surface area contributed by atoms with E-state index in [1.807, 2.05) is 0 Å². The summed E-state index contributed by atoms with van der Waals surface area (Å²) in [4.78, 5) is 13.2. The molecular weight excluding hydrogens is 278 g/mol. The Hall–Kier alpha value is -1.69. The predicted octanol–water partition coefficient (Wildman–Crippen LogP) is 2.95. The van der Waals surface area contributed by atoms with Crippen LogP contribution in [0.1, 0.15) is 36.5 Å². The minimum absolute atomic E-state index is 0.0581. The number of benzene rings is 1. The number of carbonyl (C=O) groups is 1. The molecule has 2 rings (SSSR count). The Morgan fingerprint density at radius 1 is 1.33 bits per heavy atom. The molecule has 0 aliphatic carbocycles. The summed E-state index contributed by atoms with van der Waals surface area (Å²) in [5.74, 6) is -3.20. The molecular formula is C15H20F2N2O2. The van der Waals surface area contributed by atoms with E-state index < -0.39 is 23.2 Å². The first-order chi connectivity index (χ1) is 10.0. The van der Waals surface area contributed by atoms with Gasteiger partial charge in [0.2, 0.25) is 0 Å². The Bertz CT molecular complexity index is 515. The van der Waals surface area contributed by atoms with Crippen molar-refractivity contribution in [3.8, 4) is 0 Å². The zero-order valence-electron chi connectivity index (χ0n) is 12.0. The molecule has 1 aromatic rings. The minimum atomic E-state index is -1.40. The van der Waals surface area contributed by atoms with Crippen molar-refractivity contribution in [2.24, 2.45) is 0 Å². The summed E-state index contributed by atoms with van der Waals surface area (Å²) in [5.41, 5.74) is -0.454. The summed E-state index contributed by atoms with van der Waals surface area (Å²) in [6.45, 7) is 5.05. The Kier molecular flexibility index (Phi) is 5.12. The van der Waals surface area contributed by atoms with Gasteiger partial charge < -0.3 is 15.3 Å². The quantitative estimate of drug-likeness (QED) is 0.877. The number of piperidine rings is 1. The molecule has 21 heavy (non-hydrogen) atoms. The first-order valence-corrected chi connectivity index (χ1v) is 7.22. The summed E-state index contributed by atoms with van der Waals surface area (Å²) in [7, 11) is 0. The maximum absolute atomic E-state index is 13.7. The zero-order chi connectivity index (χ0) is 15.4. The van der Waals surface area contributed by atoms with Gasteiger partial charge in [0, 0.05) is 25.2 Å². The average molecular weight is 298 g/mol. The smallest absolute Gasteiger partial charge is 0.338 e. The molecule has 0 amide bonds. The molecule has 4 nitrogen and oxygen atoms in total. The van der Waals surface area contributed by atoms with Gasteiger partial charge in [0.05, 0.1) is 11.3 Å². The lowest BCUT2D eigenvalue weighted by Crippen LogP contribution is -2.39. The standard InChI is InChI=1S/C15H20F2N2O2/c1-2-5-19-6-3-10(4-7-19)18-14-8-11(15(20)21)12(16)9-13(14)17/h8-10,18H,2-7H2,1H3,(H,20,21). The van der Waals surface area contributed by atoms with Crippen LogP contribution in [0.25, 0.3) is 0 Å². The second kappa shape index (κ2) is 6.85. The third-order valence-corrected chi connectivity index (χ3v) is 3.77. The van der Waals surface area contributed by atoms with Crippen molar-refractivity contribution in [1.29, 1.82) is 0 Å². The normalized spacial score (nSPS) is 16.9. The SMILES string of the molecule is CCCN1CCC(Nc2cc(C(=O)O)c(F)cc2F)CC1. The Morgan fingerprint density at radius 2 is 2.00 bits per heavy atom. The molecule has 2 N–H and O–H groups in total. The molecule has 0 atom stereocenters. The van der Waals surface area contributed by atoms with Gasteiger partial charge in [-0.25, -0.2) is 13.6 Å². The number of likely N-dealkylation sites (tertiary alicyclic amines) is 1. The fourth-order valence-corrected chi connectivity index (χ4v) is 2.66. The summed E-state index contributed by atoms with van der Waals surface area (Å²) in [6.07, 6.45) is 2.82. The van der Waals surface area contributed by atoms with Crippen LogP contribution in [0.3, 0.4) is 0 Å². The molecule has 6 heteroatoms. The van der Waals surface area contributed by atoms with E-state index in [4.69, 9.17) is 5.11 Å². The van der Waals surface area contributed by atoms with Crippen molar-refractivity contribution in [2.45, 2.75) is 32.2 Å². The van der Waals surface area contributed by atoms with Gasteiger partial charge in [0.25, 0.3) is 0 Å². The number of nitrogens with zero attached hydrogens (tertiary/aromatic N) is 1. The van der Waals surface area contributed by atoms with Crippen LogP contribution in [0.15, 0.2) is 12.1 Å². The number of hydrogen-bond donors (Lipinski definition) is 2. The first-order valence-electron chi connectivity index (χ1n) is 7.22. The van der Waals surface area contributed by atoms with Crippen molar-refractivity contribution in [2.75, 3.05) is 25.0 Å². The predicted molar refractivity (Wildman–Crippen MR) is 76.7 cm³/mol. The Balaban J connectivity index is 2.03. The second-order valence-corrected chi connectivity index (χ2v) is 5.38. The molecule has 0 spiro atoms. The van der Waals surface area contributed by atoms with E-state index in [1.54, 1.807) is 0 Å². The number of carboxylic acids is 1. The van der Waals surface area contributed by atoms with Crippen LogP contribution in [0, 0.1) is 11.6 Å². The largest absolute Gasteiger partial charge is 0.478 e. The van der Waals surface area contributed by atoms with E-state index in [0.29, 0.717) is 6.07 Å². The van der Waals surface area contributed by atoms with Crippen molar-refractivity contribution < 1.29 is 18.7 Å². The van der Waals surface area contributed by atoms with E-state index in [2.05, 4.69) is 17.1 Å². The van der Waals surface area contributed by atoms with Crippen LogP contribution in [-0.4, -0.2) is 41.7 Å². The minimum Gasteiger partial charge on any atom is -0.478 e. The van der Waals surface area contributed by atoms with Crippen LogP contribution in [0.5, 0.6) is 0 Å². The molecule has 1 heterocycles. The van der Waals surface area contributed by atoms with Crippen LogP contribution < -0.4 is 5.32 Å². The first kappa shape index (κ1) is 15.7. The molecule has 1 fully saturated rings. The summed E-state index contributed by atoms with van der Waals surface area (Å²) in [6, 6.07) is 1.74. The third kappa shape index (κ3) is 3.91. The molecule has 116 valence electrons. The van der Waals surface area contributed by atoms with E-state index in [-0.39, 0.29) is 11.7 Å². The average Bonchev–Trinajstić information content (AvgIpc) is 2.43. The van der Waals surface area contributed by atoms with Gasteiger partial charge in [-0.15, -0.1) is 0 Å². The molecule has 0 radical (unpaired) electrons. The maximum atomic E-state index is 13.7. The lowest BCUT2D eigenvalue weighted by Gasteiger charge is -2.32. The summed E-state index contributed by atoms with van der Waals surface area (Å²) >= 11 is 0. The lowest BCUT2D eigenvalue weighted by atomic mass is 10.0. The van der Waals surface area contributed by atoms with Crippen LogP contribution >= 0.6 is 0 Å². The van der Waals surface area contributed by atoms with Crippen LogP contribution in [-0.2, 0) is 0 Å². The van der Waals surface area contributed by atoms with Crippen LogP contribution in [0.2, 0.25) is 0 Å². The highest BCUT2D eigenvalue weighted by Crippen LogP contribution is 2.23. The highest BCUT2D eigenvalue weighted by atomic mass is 19.1. The third-order valence-electron chi connectivity index (χ3n) is 3.77. The molecule has 0 bridgehead atoms. The molecule has 1 aliphatic heterocycles. The van der Waals surface area contributed by atoms with Crippen LogP contribution in [0.4, 0.5) is 14.5 Å². The zero-order valence-corrected chi connectivity index (χ0v) is 12.0. The maximum Gasteiger partial charge on any atom is 0.338 e. The van der Waals surface area contributed by atoms with Crippen molar-refractivity contribution in [3.05, 3.63) is 29.3 Å². The van der Waals surface area contributed by atoms with E-state index in [9.17, 15) is 13.6 Å². The summed E-state index contributed by atoms with van der Waals surface area (Å²) in [5, 5.41) is 11.9. The highest BCUT2D eigenvalue weighted by Gasteiger charge is 2.21. The molecule has 0 saturated carbocycles. The van der Waals surface area contributed by atoms with E-state index in [0.717, 1.165) is 45.0 Å². The topological polar surface area (TPSA) is 52.6 Å². The number of carboxylic acid groups (broad SMARTS) is 1. The Morgan fingerprint density at radius 3 is 2.57 bits per heavy atom. The number of rotatable bonds is 5. The monoisotopic (exact) mass is 298 g/mol. The number of hydrogen-bond acceptors (Lipinski definition) is 3. The van der Waals surface area contributed by atoms with E-state index in [1.165, 1.54) is 0 Å². The number of halogens is 2. The van der Waals surface area contributed by atoms with Gasteiger partial charge in [0.15, 0.2) is 0 Å². The van der Waals surface area contributed by atoms with Gasteiger partial charge in [-0.2, -0.15) is 0 Å². The van der Waals surface area contributed by atoms with Crippen molar-refractivity contribution in [3.63, 3.8) is 0 Å². The number of anilines is 1. The molecule has 1 saturated heterocycles. The molecule has 1 aliphatic rings. The summed E-state index contributed by atoms with van der Waals surface area (Å²) < 4.78 is 27.1. The van der Waals surface area contributed by atoms with Crippen molar-refractivity contribution >= 4 is 11.7 Å². The molecule has 0 aromatic heterocycles.